The minimum Gasteiger partial charge on any atom is -0.326 e. The summed E-state index contributed by atoms with van der Waals surface area (Å²) in [5.41, 5.74) is 0.512. The predicted molar refractivity (Wildman–Crippen MR) is 64.0 cm³/mol. The lowest BCUT2D eigenvalue weighted by molar-refractivity contribution is -0.117. The average Bonchev–Trinajstić information content (AvgIpc) is 3.13. The van der Waals surface area contributed by atoms with Gasteiger partial charge in [0.05, 0.1) is 4.90 Å². The second kappa shape index (κ2) is 4.46. The maximum Gasteiger partial charge on any atom is 0.240 e. The fourth-order valence-electron chi connectivity index (χ4n) is 1.45. The molecule has 1 aromatic carbocycles. The van der Waals surface area contributed by atoms with E-state index in [0.717, 1.165) is 12.8 Å². The van der Waals surface area contributed by atoms with Gasteiger partial charge in [-0.15, -0.1) is 0 Å². The standard InChI is InChI=1S/C11H14N2O3S/c1-12-17(15,16)10-4-2-3-9(7-10)13-11(14)8-5-6-8/h2-4,7-8,12H,5-6H2,1H3,(H,13,14). The van der Waals surface area contributed by atoms with Crippen molar-refractivity contribution in [3.63, 3.8) is 0 Å². The van der Waals surface area contributed by atoms with Gasteiger partial charge in [-0.05, 0) is 38.1 Å². The molecular weight excluding hydrogens is 240 g/mol. The molecule has 0 aromatic heterocycles. The van der Waals surface area contributed by atoms with E-state index in [-0.39, 0.29) is 16.7 Å². The van der Waals surface area contributed by atoms with Gasteiger partial charge in [0.1, 0.15) is 0 Å². The summed E-state index contributed by atoms with van der Waals surface area (Å²) in [4.78, 5) is 11.7. The Balaban J connectivity index is 2.19. The van der Waals surface area contributed by atoms with Gasteiger partial charge in [-0.1, -0.05) is 6.07 Å². The van der Waals surface area contributed by atoms with Crippen molar-refractivity contribution >= 4 is 21.6 Å². The SMILES string of the molecule is CNS(=O)(=O)c1cccc(NC(=O)C2CC2)c1. The van der Waals surface area contributed by atoms with Crippen LogP contribution in [-0.4, -0.2) is 21.4 Å². The molecule has 1 aliphatic carbocycles. The number of amides is 1. The summed E-state index contributed by atoms with van der Waals surface area (Å²) < 4.78 is 25.4. The van der Waals surface area contributed by atoms with Crippen LogP contribution in [0.15, 0.2) is 29.2 Å². The molecule has 1 aromatic rings. The van der Waals surface area contributed by atoms with Gasteiger partial charge in [0, 0.05) is 11.6 Å². The van der Waals surface area contributed by atoms with Crippen LogP contribution in [-0.2, 0) is 14.8 Å². The smallest absolute Gasteiger partial charge is 0.240 e. The van der Waals surface area contributed by atoms with Crippen molar-refractivity contribution in [3.05, 3.63) is 24.3 Å². The van der Waals surface area contributed by atoms with Gasteiger partial charge in [0.25, 0.3) is 0 Å². The van der Waals surface area contributed by atoms with Crippen molar-refractivity contribution in [2.75, 3.05) is 12.4 Å². The summed E-state index contributed by atoms with van der Waals surface area (Å²) in [6.45, 7) is 0. The van der Waals surface area contributed by atoms with Crippen molar-refractivity contribution in [3.8, 4) is 0 Å². The third-order valence-electron chi connectivity index (χ3n) is 2.63. The van der Waals surface area contributed by atoms with Gasteiger partial charge in [0.15, 0.2) is 0 Å². The van der Waals surface area contributed by atoms with Crippen molar-refractivity contribution in [1.29, 1.82) is 0 Å². The third kappa shape index (κ3) is 2.83. The Hall–Kier alpha value is -1.40. The molecule has 0 bridgehead atoms. The van der Waals surface area contributed by atoms with E-state index in [9.17, 15) is 13.2 Å². The van der Waals surface area contributed by atoms with E-state index in [0.29, 0.717) is 5.69 Å². The Bertz CT molecular complexity index is 535. The van der Waals surface area contributed by atoms with E-state index in [1.54, 1.807) is 12.1 Å². The third-order valence-corrected chi connectivity index (χ3v) is 4.04. The predicted octanol–water partition coefficient (Wildman–Crippen LogP) is 0.943. The first-order valence-electron chi connectivity index (χ1n) is 5.37. The second-order valence-electron chi connectivity index (χ2n) is 4.00. The van der Waals surface area contributed by atoms with Gasteiger partial charge in [-0.25, -0.2) is 13.1 Å². The normalized spacial score (nSPS) is 15.6. The number of benzene rings is 1. The zero-order chi connectivity index (χ0) is 12.5. The van der Waals surface area contributed by atoms with Gasteiger partial charge in [-0.3, -0.25) is 4.79 Å². The van der Waals surface area contributed by atoms with Crippen molar-refractivity contribution in [2.24, 2.45) is 5.92 Å². The number of carbonyl (C=O) groups excluding carboxylic acids is 1. The van der Waals surface area contributed by atoms with Gasteiger partial charge < -0.3 is 5.32 Å². The topological polar surface area (TPSA) is 75.3 Å². The molecular formula is C11H14N2O3S. The number of hydrogen-bond donors (Lipinski definition) is 2. The first-order valence-corrected chi connectivity index (χ1v) is 6.86. The fraction of sp³-hybridized carbons (Fsp3) is 0.364. The van der Waals surface area contributed by atoms with Crippen LogP contribution < -0.4 is 10.0 Å². The molecule has 0 spiro atoms. The molecule has 1 amide bonds. The second-order valence-corrected chi connectivity index (χ2v) is 5.89. The molecule has 0 radical (unpaired) electrons. The van der Waals surface area contributed by atoms with Crippen LogP contribution >= 0.6 is 0 Å². The number of nitrogens with one attached hydrogen (secondary N) is 2. The van der Waals surface area contributed by atoms with Crippen LogP contribution in [0.5, 0.6) is 0 Å². The molecule has 6 heteroatoms. The van der Waals surface area contributed by atoms with Crippen LogP contribution in [0.3, 0.4) is 0 Å². The molecule has 2 rings (SSSR count). The highest BCUT2D eigenvalue weighted by molar-refractivity contribution is 7.89. The monoisotopic (exact) mass is 254 g/mol. The number of rotatable bonds is 4. The first-order chi connectivity index (χ1) is 8.03. The molecule has 0 heterocycles. The number of carbonyl (C=O) groups is 1. The van der Waals surface area contributed by atoms with Crippen molar-refractivity contribution in [2.45, 2.75) is 17.7 Å². The Morgan fingerprint density at radius 1 is 1.35 bits per heavy atom. The molecule has 5 nitrogen and oxygen atoms in total. The van der Waals surface area contributed by atoms with E-state index in [4.69, 9.17) is 0 Å². The lowest BCUT2D eigenvalue weighted by Gasteiger charge is -2.07. The molecule has 1 saturated carbocycles. The highest BCUT2D eigenvalue weighted by Crippen LogP contribution is 2.30. The summed E-state index contributed by atoms with van der Waals surface area (Å²) in [6, 6.07) is 6.21. The molecule has 1 aliphatic rings. The van der Waals surface area contributed by atoms with E-state index >= 15 is 0 Å². The highest BCUT2D eigenvalue weighted by atomic mass is 32.2. The Morgan fingerprint density at radius 3 is 2.65 bits per heavy atom. The molecule has 0 atom stereocenters. The summed E-state index contributed by atoms with van der Waals surface area (Å²) >= 11 is 0. The average molecular weight is 254 g/mol. The van der Waals surface area contributed by atoms with Crippen LogP contribution in [0.4, 0.5) is 5.69 Å². The molecule has 0 aliphatic heterocycles. The number of anilines is 1. The maximum atomic E-state index is 11.6. The highest BCUT2D eigenvalue weighted by Gasteiger charge is 2.29. The maximum absolute atomic E-state index is 11.6. The van der Waals surface area contributed by atoms with E-state index < -0.39 is 10.0 Å². The van der Waals surface area contributed by atoms with E-state index in [2.05, 4.69) is 10.0 Å². The van der Waals surface area contributed by atoms with Gasteiger partial charge in [-0.2, -0.15) is 0 Å². The molecule has 2 N–H and O–H groups in total. The molecule has 1 fully saturated rings. The number of sulfonamides is 1. The molecule has 92 valence electrons. The van der Waals surface area contributed by atoms with Crippen LogP contribution in [0.2, 0.25) is 0 Å². The fourth-order valence-corrected chi connectivity index (χ4v) is 2.22. The Morgan fingerprint density at radius 2 is 2.06 bits per heavy atom. The van der Waals surface area contributed by atoms with Crippen LogP contribution in [0, 0.1) is 5.92 Å². The van der Waals surface area contributed by atoms with E-state index in [1.807, 2.05) is 0 Å². The van der Waals surface area contributed by atoms with E-state index in [1.165, 1.54) is 19.2 Å². The van der Waals surface area contributed by atoms with Crippen molar-refractivity contribution < 1.29 is 13.2 Å². The van der Waals surface area contributed by atoms with Crippen molar-refractivity contribution in [1.82, 2.24) is 4.72 Å². The summed E-state index contributed by atoms with van der Waals surface area (Å²) in [6.07, 6.45) is 1.83. The van der Waals surface area contributed by atoms with Crippen LogP contribution in [0.1, 0.15) is 12.8 Å². The minimum absolute atomic E-state index is 0.0380. The minimum atomic E-state index is -3.46. The molecule has 0 saturated heterocycles. The molecule has 17 heavy (non-hydrogen) atoms. The first kappa shape index (κ1) is 12.1. The lowest BCUT2D eigenvalue weighted by atomic mass is 10.3. The summed E-state index contributed by atoms with van der Waals surface area (Å²) in [7, 11) is -2.11. The number of hydrogen-bond acceptors (Lipinski definition) is 3. The lowest BCUT2D eigenvalue weighted by Crippen LogP contribution is -2.19. The molecule has 0 unspecified atom stereocenters. The summed E-state index contributed by atoms with van der Waals surface area (Å²) in [5.74, 6) is 0.0589. The van der Waals surface area contributed by atoms with Gasteiger partial charge in [0.2, 0.25) is 15.9 Å². The zero-order valence-corrected chi connectivity index (χ0v) is 10.3. The Labute approximate surface area is 100 Å². The van der Waals surface area contributed by atoms with Crippen LogP contribution in [0.25, 0.3) is 0 Å². The summed E-state index contributed by atoms with van der Waals surface area (Å²) in [5, 5.41) is 2.71. The largest absolute Gasteiger partial charge is 0.326 e. The quantitative estimate of drug-likeness (QED) is 0.839. The Kier molecular flexibility index (Phi) is 3.17. The zero-order valence-electron chi connectivity index (χ0n) is 9.43. The van der Waals surface area contributed by atoms with Gasteiger partial charge >= 0.3 is 0 Å².